The fourth-order valence-electron chi connectivity index (χ4n) is 4.20. The van der Waals surface area contributed by atoms with Crippen LogP contribution in [0.4, 0.5) is 0 Å². The van der Waals surface area contributed by atoms with Crippen molar-refractivity contribution < 1.29 is 9.84 Å². The Hall–Kier alpha value is -1.10. The Kier molecular flexibility index (Phi) is 6.74. The van der Waals surface area contributed by atoms with Crippen molar-refractivity contribution >= 4 is 0 Å². The van der Waals surface area contributed by atoms with Gasteiger partial charge in [0.15, 0.2) is 0 Å². The third-order valence-corrected chi connectivity index (χ3v) is 5.66. The average molecular weight is 347 g/mol. The van der Waals surface area contributed by atoms with Crippen molar-refractivity contribution in [2.24, 2.45) is 0 Å². The Morgan fingerprint density at radius 2 is 1.76 bits per heavy atom. The number of hydrogen-bond donors (Lipinski definition) is 1. The smallest absolute Gasteiger partial charge is 0.122 e. The van der Waals surface area contributed by atoms with Crippen LogP contribution >= 0.6 is 0 Å². The molecule has 2 saturated heterocycles. The third kappa shape index (κ3) is 5.19. The molecule has 1 N–H and O–H groups in total. The summed E-state index contributed by atoms with van der Waals surface area (Å²) in [7, 11) is 0. The number of nitrogens with zero attached hydrogens (tertiary/aromatic N) is 2. The zero-order chi connectivity index (χ0) is 17.6. The molecular weight excluding hydrogens is 312 g/mol. The van der Waals surface area contributed by atoms with Gasteiger partial charge >= 0.3 is 0 Å². The van der Waals surface area contributed by atoms with E-state index < -0.39 is 6.10 Å². The van der Waals surface area contributed by atoms with Crippen LogP contribution in [0.5, 0.6) is 5.75 Å². The summed E-state index contributed by atoms with van der Waals surface area (Å²) in [6, 6.07) is 8.92. The predicted octanol–water partition coefficient (Wildman–Crippen LogP) is 3.11. The molecule has 2 aliphatic rings. The molecule has 1 unspecified atom stereocenters. The SMILES string of the molecule is CC(C)c1ccccc1OCC(O)CN1CCC(N2CCCC2)CC1. The van der Waals surface area contributed by atoms with Crippen LogP contribution in [0.3, 0.4) is 0 Å². The highest BCUT2D eigenvalue weighted by molar-refractivity contribution is 5.35. The number of ether oxygens (including phenoxy) is 1. The van der Waals surface area contributed by atoms with Crippen LogP contribution in [0.25, 0.3) is 0 Å². The lowest BCUT2D eigenvalue weighted by molar-refractivity contribution is 0.0473. The van der Waals surface area contributed by atoms with Gasteiger partial charge in [-0.05, 0) is 69.4 Å². The van der Waals surface area contributed by atoms with E-state index >= 15 is 0 Å². The minimum Gasteiger partial charge on any atom is -0.491 e. The van der Waals surface area contributed by atoms with Gasteiger partial charge in [0.25, 0.3) is 0 Å². The number of hydrogen-bond acceptors (Lipinski definition) is 4. The highest BCUT2D eigenvalue weighted by atomic mass is 16.5. The standard InChI is InChI=1S/C21H34N2O2/c1-17(2)20-7-3-4-8-21(20)25-16-19(24)15-22-13-9-18(10-14-22)23-11-5-6-12-23/h3-4,7-8,17-19,24H,5-6,9-16H2,1-2H3. The molecule has 0 aromatic heterocycles. The molecule has 3 rings (SSSR count). The van der Waals surface area contributed by atoms with Gasteiger partial charge in [-0.15, -0.1) is 0 Å². The van der Waals surface area contributed by atoms with Crippen molar-refractivity contribution in [1.82, 2.24) is 9.80 Å². The Balaban J connectivity index is 1.40. The molecule has 0 amide bonds. The molecule has 2 aliphatic heterocycles. The van der Waals surface area contributed by atoms with Gasteiger partial charge in [-0.1, -0.05) is 32.0 Å². The molecule has 0 bridgehead atoms. The Morgan fingerprint density at radius 3 is 2.44 bits per heavy atom. The van der Waals surface area contributed by atoms with E-state index in [9.17, 15) is 5.11 Å². The number of para-hydroxylation sites is 1. The van der Waals surface area contributed by atoms with Crippen LogP contribution in [-0.4, -0.2) is 66.4 Å². The van der Waals surface area contributed by atoms with Crippen molar-refractivity contribution in [2.75, 3.05) is 39.3 Å². The number of piperidine rings is 1. The van der Waals surface area contributed by atoms with Crippen LogP contribution < -0.4 is 4.74 Å². The second kappa shape index (κ2) is 9.02. The first kappa shape index (κ1) is 18.7. The lowest BCUT2D eigenvalue weighted by Gasteiger charge is -2.37. The molecule has 0 aliphatic carbocycles. The van der Waals surface area contributed by atoms with Crippen LogP contribution in [0.15, 0.2) is 24.3 Å². The monoisotopic (exact) mass is 346 g/mol. The number of β-amino-alcohol motifs (C(OH)–C–C–N with tert-alkyl or cyclic N) is 1. The predicted molar refractivity (Wildman–Crippen MR) is 102 cm³/mol. The van der Waals surface area contributed by atoms with Crippen molar-refractivity contribution in [2.45, 2.75) is 57.6 Å². The molecular formula is C21H34N2O2. The number of benzene rings is 1. The van der Waals surface area contributed by atoms with Crippen molar-refractivity contribution in [3.8, 4) is 5.75 Å². The molecule has 4 nitrogen and oxygen atoms in total. The lowest BCUT2D eigenvalue weighted by atomic mass is 10.0. The van der Waals surface area contributed by atoms with E-state index in [4.69, 9.17) is 4.74 Å². The lowest BCUT2D eigenvalue weighted by Crippen LogP contribution is -2.46. The number of aliphatic hydroxyl groups excluding tert-OH is 1. The summed E-state index contributed by atoms with van der Waals surface area (Å²) < 4.78 is 5.92. The minimum absolute atomic E-state index is 0.371. The molecule has 2 fully saturated rings. The Morgan fingerprint density at radius 1 is 1.08 bits per heavy atom. The van der Waals surface area contributed by atoms with E-state index in [-0.39, 0.29) is 0 Å². The second-order valence-corrected chi connectivity index (χ2v) is 7.93. The molecule has 25 heavy (non-hydrogen) atoms. The maximum atomic E-state index is 10.4. The highest BCUT2D eigenvalue weighted by Gasteiger charge is 2.27. The maximum Gasteiger partial charge on any atom is 0.122 e. The summed E-state index contributed by atoms with van der Waals surface area (Å²) in [6.07, 6.45) is 4.79. The molecule has 1 aromatic rings. The van der Waals surface area contributed by atoms with Gasteiger partial charge in [-0.2, -0.15) is 0 Å². The molecule has 0 saturated carbocycles. The van der Waals surface area contributed by atoms with Gasteiger partial charge in [0, 0.05) is 12.6 Å². The van der Waals surface area contributed by atoms with E-state index in [1.807, 2.05) is 18.2 Å². The van der Waals surface area contributed by atoms with Crippen LogP contribution in [-0.2, 0) is 0 Å². The Labute approximate surface area is 152 Å². The second-order valence-electron chi connectivity index (χ2n) is 7.93. The molecule has 1 aromatic carbocycles. The summed E-state index contributed by atoms with van der Waals surface area (Å²) >= 11 is 0. The molecule has 0 radical (unpaired) electrons. The van der Waals surface area contributed by atoms with Crippen molar-refractivity contribution in [3.63, 3.8) is 0 Å². The van der Waals surface area contributed by atoms with Gasteiger partial charge in [-0.25, -0.2) is 0 Å². The summed E-state index contributed by atoms with van der Waals surface area (Å²) in [5.41, 5.74) is 1.21. The molecule has 2 heterocycles. The van der Waals surface area contributed by atoms with Gasteiger partial charge in [0.05, 0.1) is 0 Å². The molecule has 1 atom stereocenters. The first-order chi connectivity index (χ1) is 12.1. The minimum atomic E-state index is -0.427. The fourth-order valence-corrected chi connectivity index (χ4v) is 4.20. The van der Waals surface area contributed by atoms with E-state index in [1.54, 1.807) is 0 Å². The number of rotatable bonds is 7. The average Bonchev–Trinajstić information content (AvgIpc) is 3.15. The van der Waals surface area contributed by atoms with Gasteiger partial charge in [0.2, 0.25) is 0 Å². The first-order valence-corrected chi connectivity index (χ1v) is 9.99. The molecule has 0 spiro atoms. The normalized spacial score (nSPS) is 21.8. The molecule has 4 heteroatoms. The molecule has 140 valence electrons. The fraction of sp³-hybridized carbons (Fsp3) is 0.714. The van der Waals surface area contributed by atoms with E-state index in [0.717, 1.165) is 31.4 Å². The Bertz CT molecular complexity index is 520. The van der Waals surface area contributed by atoms with Gasteiger partial charge in [-0.3, -0.25) is 0 Å². The van der Waals surface area contributed by atoms with Gasteiger partial charge in [0.1, 0.15) is 18.5 Å². The summed E-state index contributed by atoms with van der Waals surface area (Å²) in [5, 5.41) is 10.4. The quantitative estimate of drug-likeness (QED) is 0.823. The van der Waals surface area contributed by atoms with Gasteiger partial charge < -0.3 is 19.6 Å². The third-order valence-electron chi connectivity index (χ3n) is 5.66. The topological polar surface area (TPSA) is 35.9 Å². The van der Waals surface area contributed by atoms with E-state index in [0.29, 0.717) is 12.5 Å². The van der Waals surface area contributed by atoms with Crippen LogP contribution in [0.2, 0.25) is 0 Å². The van der Waals surface area contributed by atoms with Crippen molar-refractivity contribution in [3.05, 3.63) is 29.8 Å². The van der Waals surface area contributed by atoms with Crippen LogP contribution in [0.1, 0.15) is 51.0 Å². The number of likely N-dealkylation sites (tertiary alicyclic amines) is 2. The summed E-state index contributed by atoms with van der Waals surface area (Å²) in [6.45, 7) is 10.2. The maximum absolute atomic E-state index is 10.4. The summed E-state index contributed by atoms with van der Waals surface area (Å²) in [4.78, 5) is 5.06. The first-order valence-electron chi connectivity index (χ1n) is 9.99. The van der Waals surface area contributed by atoms with Crippen LogP contribution in [0, 0.1) is 0 Å². The zero-order valence-electron chi connectivity index (χ0n) is 15.9. The van der Waals surface area contributed by atoms with Crippen molar-refractivity contribution in [1.29, 1.82) is 0 Å². The largest absolute Gasteiger partial charge is 0.491 e. The zero-order valence-corrected chi connectivity index (χ0v) is 15.9. The number of aliphatic hydroxyl groups is 1. The van der Waals surface area contributed by atoms with E-state index in [2.05, 4.69) is 29.7 Å². The summed E-state index contributed by atoms with van der Waals surface area (Å²) in [5.74, 6) is 1.34. The highest BCUT2D eigenvalue weighted by Crippen LogP contribution is 2.26. The van der Waals surface area contributed by atoms with E-state index in [1.165, 1.54) is 44.3 Å².